The van der Waals surface area contributed by atoms with E-state index in [2.05, 4.69) is 25.7 Å². The predicted octanol–water partition coefficient (Wildman–Crippen LogP) is 12.1. The van der Waals surface area contributed by atoms with Crippen LogP contribution in [0.25, 0.3) is 0 Å². The highest BCUT2D eigenvalue weighted by atomic mass is 16.5. The van der Waals surface area contributed by atoms with Gasteiger partial charge in [0.05, 0.1) is 13.2 Å². The molecule has 1 amide bonds. The molecule has 1 aliphatic rings. The van der Waals surface area contributed by atoms with Crippen LogP contribution in [0, 0.1) is 0 Å². The molecular weight excluding hydrogens is 727 g/mol. The van der Waals surface area contributed by atoms with E-state index in [4.69, 9.17) is 9.47 Å². The minimum Gasteiger partial charge on any atom is -0.466 e. The van der Waals surface area contributed by atoms with Gasteiger partial charge in [-0.1, -0.05) is 162 Å². The standard InChI is InChI=1S/C49H95N3O6/c1-5-8-11-14-17-26-33-43-57-47(54)37-29-22-18-24-31-39-51(41-34-42-52-46(53)44-50(4)49(52)56)40-32-25-19-23-30-38-48(55)58-45(35-27-20-15-12-9-6-2)36-28-21-16-13-10-7-3/h45,49,56H,5-44H2,1-4H3. The van der Waals surface area contributed by atoms with Gasteiger partial charge in [-0.15, -0.1) is 0 Å². The average molecular weight is 822 g/mol. The molecule has 1 N–H and O–H groups in total. The third-order valence-electron chi connectivity index (χ3n) is 12.0. The molecule has 1 atom stereocenters. The highest BCUT2D eigenvalue weighted by Gasteiger charge is 2.33. The summed E-state index contributed by atoms with van der Waals surface area (Å²) in [6, 6.07) is 0. The number of carbonyl (C=O) groups excluding carboxylic acids is 3. The smallest absolute Gasteiger partial charge is 0.306 e. The first-order valence-corrected chi connectivity index (χ1v) is 25.1. The molecule has 0 saturated carbocycles. The van der Waals surface area contributed by atoms with Crippen LogP contribution in [0.5, 0.6) is 0 Å². The van der Waals surface area contributed by atoms with Gasteiger partial charge in [0.25, 0.3) is 0 Å². The van der Waals surface area contributed by atoms with Crippen LogP contribution >= 0.6 is 0 Å². The summed E-state index contributed by atoms with van der Waals surface area (Å²) in [5.74, 6) is -0.0472. The summed E-state index contributed by atoms with van der Waals surface area (Å²) >= 11 is 0. The lowest BCUT2D eigenvalue weighted by Crippen LogP contribution is -2.39. The Morgan fingerprint density at radius 3 is 1.48 bits per heavy atom. The number of hydrogen-bond donors (Lipinski definition) is 1. The van der Waals surface area contributed by atoms with Gasteiger partial charge in [-0.3, -0.25) is 19.3 Å². The number of ether oxygens (including phenoxy) is 2. The van der Waals surface area contributed by atoms with Gasteiger partial charge in [0, 0.05) is 19.4 Å². The highest BCUT2D eigenvalue weighted by Crippen LogP contribution is 2.19. The number of esters is 2. The maximum Gasteiger partial charge on any atom is 0.306 e. The van der Waals surface area contributed by atoms with Crippen LogP contribution in [-0.2, 0) is 23.9 Å². The van der Waals surface area contributed by atoms with E-state index < -0.39 is 6.35 Å². The number of aliphatic hydroxyl groups excluding tert-OH is 1. The quantitative estimate of drug-likeness (QED) is 0.0479. The van der Waals surface area contributed by atoms with Crippen LogP contribution in [0.15, 0.2) is 0 Å². The van der Waals surface area contributed by atoms with Crippen LogP contribution in [0.3, 0.4) is 0 Å². The number of hydrogen-bond acceptors (Lipinski definition) is 8. The lowest BCUT2D eigenvalue weighted by molar-refractivity contribution is -0.150. The lowest BCUT2D eigenvalue weighted by atomic mass is 10.0. The van der Waals surface area contributed by atoms with Gasteiger partial charge < -0.3 is 24.4 Å². The molecule has 0 spiro atoms. The summed E-state index contributed by atoms with van der Waals surface area (Å²) in [6.07, 6.45) is 37.8. The summed E-state index contributed by atoms with van der Waals surface area (Å²) in [7, 11) is 1.78. The SMILES string of the molecule is CCCCCCCCCOC(=O)CCCCCCCN(CCCCCCCC(=O)OC(CCCCCCCC)CCCCCCCC)CCCN1C(=O)CN(C)C1O. The molecule has 1 aliphatic heterocycles. The Balaban J connectivity index is 2.34. The van der Waals surface area contributed by atoms with Crippen LogP contribution in [0.2, 0.25) is 0 Å². The van der Waals surface area contributed by atoms with Crippen molar-refractivity contribution in [3.8, 4) is 0 Å². The van der Waals surface area contributed by atoms with E-state index in [0.29, 0.717) is 26.0 Å². The molecular formula is C49H95N3O6. The molecule has 1 saturated heterocycles. The predicted molar refractivity (Wildman–Crippen MR) is 242 cm³/mol. The second-order valence-electron chi connectivity index (χ2n) is 17.6. The van der Waals surface area contributed by atoms with E-state index in [1.807, 2.05) is 0 Å². The zero-order valence-electron chi connectivity index (χ0n) is 38.8. The molecule has 9 nitrogen and oxygen atoms in total. The molecule has 0 aliphatic carbocycles. The van der Waals surface area contributed by atoms with Crippen LogP contribution in [-0.4, -0.2) is 96.5 Å². The monoisotopic (exact) mass is 822 g/mol. The molecule has 342 valence electrons. The normalized spacial score (nSPS) is 14.7. The summed E-state index contributed by atoms with van der Waals surface area (Å²) in [6.45, 7) is 11.1. The van der Waals surface area contributed by atoms with E-state index in [1.165, 1.54) is 109 Å². The van der Waals surface area contributed by atoms with Crippen LogP contribution in [0.4, 0.5) is 0 Å². The summed E-state index contributed by atoms with van der Waals surface area (Å²) in [5.41, 5.74) is 0. The minimum atomic E-state index is -0.817. The fourth-order valence-electron chi connectivity index (χ4n) is 8.19. The van der Waals surface area contributed by atoms with Crippen molar-refractivity contribution in [2.24, 2.45) is 0 Å². The van der Waals surface area contributed by atoms with Gasteiger partial charge in [0.1, 0.15) is 6.10 Å². The molecule has 1 rings (SSSR count). The van der Waals surface area contributed by atoms with Gasteiger partial charge in [-0.05, 0) is 90.9 Å². The lowest BCUT2D eigenvalue weighted by Gasteiger charge is -2.26. The van der Waals surface area contributed by atoms with Gasteiger partial charge >= 0.3 is 11.9 Å². The number of rotatable bonds is 43. The molecule has 0 radical (unpaired) electrons. The Morgan fingerprint density at radius 1 is 0.586 bits per heavy atom. The van der Waals surface area contributed by atoms with Crippen molar-refractivity contribution in [2.75, 3.05) is 46.4 Å². The molecule has 0 aromatic carbocycles. The first-order chi connectivity index (χ1) is 28.3. The van der Waals surface area contributed by atoms with Gasteiger partial charge in [0.2, 0.25) is 5.91 Å². The Labute approximate surface area is 358 Å². The summed E-state index contributed by atoms with van der Waals surface area (Å²) < 4.78 is 11.5. The number of amides is 1. The third-order valence-corrected chi connectivity index (χ3v) is 12.0. The van der Waals surface area contributed by atoms with E-state index in [1.54, 1.807) is 16.8 Å². The van der Waals surface area contributed by atoms with Gasteiger partial charge in [-0.2, -0.15) is 0 Å². The molecule has 9 heteroatoms. The van der Waals surface area contributed by atoms with Crippen molar-refractivity contribution in [2.45, 2.75) is 252 Å². The van der Waals surface area contributed by atoms with E-state index in [9.17, 15) is 19.5 Å². The number of aliphatic hydroxyl groups is 1. The average Bonchev–Trinajstić information content (AvgIpc) is 3.45. The maximum atomic E-state index is 12.8. The van der Waals surface area contributed by atoms with E-state index >= 15 is 0 Å². The second-order valence-corrected chi connectivity index (χ2v) is 17.6. The molecule has 0 bridgehead atoms. The Kier molecular flexibility index (Phi) is 36.9. The third kappa shape index (κ3) is 31.2. The molecule has 0 aromatic heterocycles. The van der Waals surface area contributed by atoms with Crippen molar-refractivity contribution in [1.82, 2.24) is 14.7 Å². The first kappa shape index (κ1) is 54.3. The Hall–Kier alpha value is -1.71. The van der Waals surface area contributed by atoms with Gasteiger partial charge in [0.15, 0.2) is 6.35 Å². The Bertz CT molecular complexity index is 951. The van der Waals surface area contributed by atoms with E-state index in [-0.39, 0.29) is 30.5 Å². The van der Waals surface area contributed by atoms with Crippen molar-refractivity contribution in [3.63, 3.8) is 0 Å². The van der Waals surface area contributed by atoms with Crippen molar-refractivity contribution < 1.29 is 29.0 Å². The zero-order valence-corrected chi connectivity index (χ0v) is 38.8. The van der Waals surface area contributed by atoms with Crippen molar-refractivity contribution in [1.29, 1.82) is 0 Å². The van der Waals surface area contributed by atoms with Crippen molar-refractivity contribution >= 4 is 17.8 Å². The number of nitrogens with zero attached hydrogens (tertiary/aromatic N) is 3. The molecule has 0 aromatic rings. The number of likely N-dealkylation sites (N-methyl/N-ethyl adjacent to an activating group) is 1. The Morgan fingerprint density at radius 2 is 1.00 bits per heavy atom. The van der Waals surface area contributed by atoms with Gasteiger partial charge in [-0.25, -0.2) is 0 Å². The second kappa shape index (κ2) is 39.4. The minimum absolute atomic E-state index is 0.000303. The molecule has 1 fully saturated rings. The number of unbranched alkanes of at least 4 members (excludes halogenated alkanes) is 24. The summed E-state index contributed by atoms with van der Waals surface area (Å²) in [5, 5.41) is 10.4. The largest absolute Gasteiger partial charge is 0.466 e. The summed E-state index contributed by atoms with van der Waals surface area (Å²) in [4.78, 5) is 43.1. The van der Waals surface area contributed by atoms with Crippen LogP contribution in [0.1, 0.15) is 239 Å². The highest BCUT2D eigenvalue weighted by molar-refractivity contribution is 5.80. The van der Waals surface area contributed by atoms with E-state index in [0.717, 1.165) is 116 Å². The maximum absolute atomic E-state index is 12.8. The molecule has 1 unspecified atom stereocenters. The first-order valence-electron chi connectivity index (χ1n) is 25.1. The zero-order chi connectivity index (χ0) is 42.3. The molecule has 58 heavy (non-hydrogen) atoms. The fourth-order valence-corrected chi connectivity index (χ4v) is 8.19. The number of carbonyl (C=O) groups is 3. The van der Waals surface area contributed by atoms with Crippen LogP contribution < -0.4 is 0 Å². The molecule has 1 heterocycles. The fraction of sp³-hybridized carbons (Fsp3) is 0.939. The topological polar surface area (TPSA) is 99.6 Å². The van der Waals surface area contributed by atoms with Crippen molar-refractivity contribution in [3.05, 3.63) is 0 Å².